The van der Waals surface area contributed by atoms with Gasteiger partial charge in [0.05, 0.1) is 13.3 Å². The molecule has 0 aliphatic carbocycles. The van der Waals surface area contributed by atoms with Crippen LogP contribution in [0.5, 0.6) is 0 Å². The molecule has 0 atom stereocenters. The van der Waals surface area contributed by atoms with E-state index in [1.165, 1.54) is 11.3 Å². The van der Waals surface area contributed by atoms with Crippen LogP contribution in [0.3, 0.4) is 0 Å². The molecule has 0 unspecified atom stereocenters. The highest BCUT2D eigenvalue weighted by molar-refractivity contribution is 5.46. The molecular formula is C17H19N3. The fourth-order valence-corrected chi connectivity index (χ4v) is 2.36. The molecule has 0 radical (unpaired) electrons. The lowest BCUT2D eigenvalue weighted by Crippen LogP contribution is -2.35. The van der Waals surface area contributed by atoms with Gasteiger partial charge in [-0.15, -0.1) is 0 Å². The van der Waals surface area contributed by atoms with Crippen LogP contribution in [0.4, 0.5) is 5.69 Å². The van der Waals surface area contributed by atoms with E-state index in [0.29, 0.717) is 0 Å². The number of hydrogen-bond donors (Lipinski definition) is 1. The molecule has 1 heterocycles. The maximum Gasteiger partial charge on any atom is 0.0918 e. The fourth-order valence-electron chi connectivity index (χ4n) is 2.36. The Kier molecular flexibility index (Phi) is 3.88. The molecule has 3 rings (SSSR count). The quantitative estimate of drug-likeness (QED) is 0.896. The van der Waals surface area contributed by atoms with Crippen molar-refractivity contribution < 1.29 is 0 Å². The van der Waals surface area contributed by atoms with Crippen molar-refractivity contribution in [1.82, 2.24) is 10.2 Å². The lowest BCUT2D eigenvalue weighted by atomic mass is 10.2. The largest absolute Gasteiger partial charge is 0.372 e. The minimum absolute atomic E-state index is 0.873. The van der Waals surface area contributed by atoms with Crippen LogP contribution in [-0.2, 0) is 6.54 Å². The van der Waals surface area contributed by atoms with E-state index in [2.05, 4.69) is 82.0 Å². The van der Waals surface area contributed by atoms with E-state index in [9.17, 15) is 0 Å². The highest BCUT2D eigenvalue weighted by atomic mass is 15.4. The molecule has 1 aliphatic heterocycles. The zero-order valence-corrected chi connectivity index (χ0v) is 11.4. The Morgan fingerprint density at radius 1 is 0.950 bits per heavy atom. The highest BCUT2D eigenvalue weighted by Gasteiger charge is 2.11. The van der Waals surface area contributed by atoms with E-state index in [1.54, 1.807) is 0 Å². The van der Waals surface area contributed by atoms with Crippen LogP contribution in [0.25, 0.3) is 0 Å². The summed E-state index contributed by atoms with van der Waals surface area (Å²) >= 11 is 0. The molecular weight excluding hydrogens is 246 g/mol. The first-order chi connectivity index (χ1) is 9.92. The van der Waals surface area contributed by atoms with E-state index >= 15 is 0 Å². The van der Waals surface area contributed by atoms with Crippen molar-refractivity contribution in [3.63, 3.8) is 0 Å². The van der Waals surface area contributed by atoms with Crippen LogP contribution in [0.1, 0.15) is 5.56 Å². The Labute approximate surface area is 120 Å². The molecule has 2 aromatic carbocycles. The lowest BCUT2D eigenvalue weighted by molar-refractivity contribution is 0.384. The Morgan fingerprint density at radius 3 is 2.30 bits per heavy atom. The van der Waals surface area contributed by atoms with E-state index in [-0.39, 0.29) is 0 Å². The second-order valence-corrected chi connectivity index (χ2v) is 4.93. The smallest absolute Gasteiger partial charge is 0.0918 e. The Balaban J connectivity index is 1.77. The van der Waals surface area contributed by atoms with Gasteiger partial charge >= 0.3 is 0 Å². The number of benzene rings is 2. The van der Waals surface area contributed by atoms with Gasteiger partial charge in [0.15, 0.2) is 0 Å². The van der Waals surface area contributed by atoms with Crippen molar-refractivity contribution in [2.24, 2.45) is 0 Å². The normalized spacial score (nSPS) is 13.3. The van der Waals surface area contributed by atoms with Gasteiger partial charge in [0.2, 0.25) is 0 Å². The van der Waals surface area contributed by atoms with Gasteiger partial charge in [0.25, 0.3) is 0 Å². The minimum Gasteiger partial charge on any atom is -0.372 e. The van der Waals surface area contributed by atoms with Crippen LogP contribution >= 0.6 is 0 Å². The first kappa shape index (κ1) is 12.6. The first-order valence-corrected chi connectivity index (χ1v) is 6.90. The molecule has 0 bridgehead atoms. The molecule has 1 N–H and O–H groups in total. The number of nitrogens with zero attached hydrogens (tertiary/aromatic N) is 2. The molecule has 0 fully saturated rings. The number of rotatable bonds is 5. The molecule has 102 valence electrons. The maximum absolute atomic E-state index is 3.21. The van der Waals surface area contributed by atoms with Crippen LogP contribution in [0.2, 0.25) is 0 Å². The summed E-state index contributed by atoms with van der Waals surface area (Å²) in [6.45, 7) is 2.66. The first-order valence-electron chi connectivity index (χ1n) is 6.90. The zero-order chi connectivity index (χ0) is 13.6. The molecule has 0 spiro atoms. The van der Waals surface area contributed by atoms with E-state index in [4.69, 9.17) is 0 Å². The molecule has 0 saturated heterocycles. The average Bonchev–Trinajstić information content (AvgIpc) is 3.02. The summed E-state index contributed by atoms with van der Waals surface area (Å²) in [5.41, 5.74) is 2.57. The van der Waals surface area contributed by atoms with E-state index < -0.39 is 0 Å². The van der Waals surface area contributed by atoms with Gasteiger partial charge in [-0.25, -0.2) is 0 Å². The third-order valence-corrected chi connectivity index (χ3v) is 3.39. The molecule has 3 nitrogen and oxygen atoms in total. The molecule has 1 aliphatic rings. The Hall–Kier alpha value is -2.42. The van der Waals surface area contributed by atoms with Gasteiger partial charge < -0.3 is 15.1 Å². The predicted molar refractivity (Wildman–Crippen MR) is 82.9 cm³/mol. The molecule has 2 aromatic rings. The zero-order valence-electron chi connectivity index (χ0n) is 11.4. The summed E-state index contributed by atoms with van der Waals surface area (Å²) < 4.78 is 0. The summed E-state index contributed by atoms with van der Waals surface area (Å²) in [4.78, 5) is 4.64. The monoisotopic (exact) mass is 265 g/mol. The van der Waals surface area contributed by atoms with Crippen molar-refractivity contribution in [1.29, 1.82) is 0 Å². The summed E-state index contributed by atoms with van der Waals surface area (Å²) in [5, 5.41) is 3.21. The van der Waals surface area contributed by atoms with Crippen molar-refractivity contribution >= 4 is 5.69 Å². The topological polar surface area (TPSA) is 18.5 Å². The van der Waals surface area contributed by atoms with Crippen molar-refractivity contribution in [2.75, 3.05) is 18.2 Å². The fraction of sp³-hybridized carbons (Fsp3) is 0.176. The minimum atomic E-state index is 0.873. The van der Waals surface area contributed by atoms with Gasteiger partial charge in [0, 0.05) is 24.6 Å². The molecule has 0 amide bonds. The standard InChI is InChI=1S/C17H19N3/c1-3-7-16(8-4-1)13-20(15-19-12-11-18-14-19)17-9-5-2-6-10-17/h1-12,18H,13-15H2. The van der Waals surface area contributed by atoms with E-state index in [1.807, 2.05) is 6.20 Å². The Bertz CT molecular complexity index is 551. The average molecular weight is 265 g/mol. The van der Waals surface area contributed by atoms with Crippen molar-refractivity contribution in [3.8, 4) is 0 Å². The SMILES string of the molecule is C1=CN(CN(Cc2ccccc2)c2ccccc2)CN1. The predicted octanol–water partition coefficient (Wildman–Crippen LogP) is 2.98. The van der Waals surface area contributed by atoms with Gasteiger partial charge in [-0.2, -0.15) is 0 Å². The van der Waals surface area contributed by atoms with Gasteiger partial charge in [-0.3, -0.25) is 0 Å². The second-order valence-electron chi connectivity index (χ2n) is 4.93. The summed E-state index contributed by atoms with van der Waals surface area (Å²) in [5.74, 6) is 0. The van der Waals surface area contributed by atoms with Gasteiger partial charge in [-0.05, 0) is 17.7 Å². The molecule has 0 saturated carbocycles. The van der Waals surface area contributed by atoms with Crippen LogP contribution in [0, 0.1) is 0 Å². The molecule has 20 heavy (non-hydrogen) atoms. The molecule has 3 heteroatoms. The summed E-state index contributed by atoms with van der Waals surface area (Å²) in [6.07, 6.45) is 4.09. The third kappa shape index (κ3) is 3.12. The van der Waals surface area contributed by atoms with Crippen LogP contribution in [0.15, 0.2) is 73.1 Å². The van der Waals surface area contributed by atoms with Crippen LogP contribution in [-0.4, -0.2) is 18.2 Å². The second kappa shape index (κ2) is 6.15. The van der Waals surface area contributed by atoms with E-state index in [0.717, 1.165) is 19.9 Å². The van der Waals surface area contributed by atoms with Gasteiger partial charge in [-0.1, -0.05) is 48.5 Å². The van der Waals surface area contributed by atoms with Crippen molar-refractivity contribution in [2.45, 2.75) is 6.54 Å². The number of anilines is 1. The maximum atomic E-state index is 3.21. The van der Waals surface area contributed by atoms with Crippen LogP contribution < -0.4 is 10.2 Å². The van der Waals surface area contributed by atoms with Crippen molar-refractivity contribution in [3.05, 3.63) is 78.6 Å². The summed E-state index contributed by atoms with van der Waals surface area (Å²) in [6, 6.07) is 21.2. The number of nitrogens with one attached hydrogen (secondary N) is 1. The third-order valence-electron chi connectivity index (χ3n) is 3.39. The Morgan fingerprint density at radius 2 is 1.65 bits per heavy atom. The molecule has 0 aromatic heterocycles. The number of hydrogen-bond acceptors (Lipinski definition) is 3. The summed E-state index contributed by atoms with van der Waals surface area (Å²) in [7, 11) is 0. The van der Waals surface area contributed by atoms with Gasteiger partial charge in [0.1, 0.15) is 0 Å². The number of para-hydroxylation sites is 1. The lowest BCUT2D eigenvalue weighted by Gasteiger charge is -2.29. The highest BCUT2D eigenvalue weighted by Crippen LogP contribution is 2.17.